The average molecular weight is 1200 g/mol. The summed E-state index contributed by atoms with van der Waals surface area (Å²) in [5, 5.41) is 31.2. The van der Waals surface area contributed by atoms with Crippen LogP contribution in [0.5, 0.6) is 0 Å². The van der Waals surface area contributed by atoms with E-state index in [0.29, 0.717) is 109 Å². The molecule has 0 bridgehead atoms. The third kappa shape index (κ3) is 35.7. The van der Waals surface area contributed by atoms with Crippen LogP contribution in [0.25, 0.3) is 0 Å². The summed E-state index contributed by atoms with van der Waals surface area (Å²) in [5.41, 5.74) is 62.6. The third-order valence-electron chi connectivity index (χ3n) is 13.7. The molecule has 0 radical (unpaired) electrons. The van der Waals surface area contributed by atoms with Crippen molar-refractivity contribution in [1.82, 2.24) is 42.5 Å². The van der Waals surface area contributed by atoms with E-state index in [4.69, 9.17) is 63.1 Å². The van der Waals surface area contributed by atoms with Crippen LogP contribution < -0.4 is 106 Å². The molecule has 0 rings (SSSR count). The molecule has 0 spiro atoms. The van der Waals surface area contributed by atoms with Crippen LogP contribution in [0.2, 0.25) is 0 Å². The zero-order chi connectivity index (χ0) is 63.2. The smallest absolute Gasteiger partial charge is 0.326 e. The molecule has 9 atom stereocenters. The van der Waals surface area contributed by atoms with Gasteiger partial charge in [-0.15, -0.1) is 0 Å². The molecule has 0 aliphatic heterocycles. The third-order valence-corrected chi connectivity index (χ3v) is 13.7. The van der Waals surface area contributed by atoms with E-state index >= 15 is 0 Å². The summed E-state index contributed by atoms with van der Waals surface area (Å²) in [7, 11) is 0. The summed E-state index contributed by atoms with van der Waals surface area (Å²) < 4.78 is 0. The number of hydrogen-bond donors (Lipinski definition) is 20. The van der Waals surface area contributed by atoms with Crippen LogP contribution >= 0.6 is 0 Å². The Morgan fingerprint density at radius 1 is 0.310 bits per heavy atom. The Kier molecular flexibility index (Phi) is 44.3. The highest BCUT2D eigenvalue weighted by molar-refractivity contribution is 5.98. The van der Waals surface area contributed by atoms with Crippen LogP contribution in [-0.4, -0.2) is 177 Å². The van der Waals surface area contributed by atoms with Crippen LogP contribution in [0.4, 0.5) is 0 Å². The van der Waals surface area contributed by atoms with Gasteiger partial charge in [0, 0.05) is 13.0 Å². The van der Waals surface area contributed by atoms with E-state index in [0.717, 1.165) is 0 Å². The molecule has 484 valence electrons. The van der Waals surface area contributed by atoms with Crippen molar-refractivity contribution in [3.8, 4) is 0 Å². The first-order chi connectivity index (χ1) is 40.1. The fourth-order valence-corrected chi connectivity index (χ4v) is 8.71. The van der Waals surface area contributed by atoms with E-state index in [1.807, 2.05) is 0 Å². The predicted molar refractivity (Wildman–Crippen MR) is 320 cm³/mol. The van der Waals surface area contributed by atoms with Crippen LogP contribution in [0.3, 0.4) is 0 Å². The van der Waals surface area contributed by atoms with Gasteiger partial charge in [-0.25, -0.2) is 4.79 Å². The minimum absolute atomic E-state index is 0.00908. The maximum absolute atomic E-state index is 14.4. The first-order valence-corrected chi connectivity index (χ1v) is 29.8. The molecule has 9 amide bonds. The summed E-state index contributed by atoms with van der Waals surface area (Å²) in [6, 6.07) is -11.4. The van der Waals surface area contributed by atoms with E-state index < -0.39 is 120 Å². The summed E-state index contributed by atoms with van der Waals surface area (Å²) in [4.78, 5) is 141. The number of hydrogen-bond acceptors (Lipinski definition) is 19. The second kappa shape index (κ2) is 47.9. The Morgan fingerprint density at radius 3 is 0.762 bits per heavy atom. The molecule has 0 saturated carbocycles. The van der Waals surface area contributed by atoms with Gasteiger partial charge in [-0.2, -0.15) is 0 Å². The molecule has 31 N–H and O–H groups in total. The zero-order valence-electron chi connectivity index (χ0n) is 49.4. The predicted octanol–water partition coefficient (Wildman–Crippen LogP) is -5.50. The second-order valence-electron chi connectivity index (χ2n) is 20.9. The molecule has 0 aromatic carbocycles. The molecular formula is C53H106N20O11. The summed E-state index contributed by atoms with van der Waals surface area (Å²) >= 11 is 0. The van der Waals surface area contributed by atoms with E-state index in [9.17, 15) is 53.1 Å². The highest BCUT2D eigenvalue weighted by Crippen LogP contribution is 2.13. The van der Waals surface area contributed by atoms with E-state index in [2.05, 4.69) is 47.5 Å². The molecule has 31 nitrogen and oxygen atoms in total. The molecule has 0 fully saturated rings. The lowest BCUT2D eigenvalue weighted by Crippen LogP contribution is -2.60. The number of carbonyl (C=O) groups excluding carboxylic acids is 9. The van der Waals surface area contributed by atoms with Crippen LogP contribution in [-0.2, 0) is 47.9 Å². The lowest BCUT2D eigenvalue weighted by Gasteiger charge is -2.28. The summed E-state index contributed by atoms with van der Waals surface area (Å²) in [6.07, 6.45) is 6.19. The van der Waals surface area contributed by atoms with E-state index in [-0.39, 0.29) is 103 Å². The number of nitrogens with zero attached hydrogens (tertiary/aromatic N) is 1. The number of amides is 9. The molecule has 0 heterocycles. The van der Waals surface area contributed by atoms with Gasteiger partial charge in [0.05, 0.1) is 6.04 Å². The van der Waals surface area contributed by atoms with Crippen LogP contribution in [0, 0.1) is 0 Å². The van der Waals surface area contributed by atoms with Gasteiger partial charge >= 0.3 is 5.97 Å². The van der Waals surface area contributed by atoms with Gasteiger partial charge in [-0.05, 0) is 200 Å². The topological polar surface area (TPSA) is 586 Å². The van der Waals surface area contributed by atoms with Gasteiger partial charge < -0.3 is 111 Å². The highest BCUT2D eigenvalue weighted by atomic mass is 16.4. The highest BCUT2D eigenvalue weighted by Gasteiger charge is 2.35. The minimum Gasteiger partial charge on any atom is -0.480 e. The Hall–Kier alpha value is -6.35. The number of nitrogens with two attached hydrogens (primary N) is 11. The fourth-order valence-electron chi connectivity index (χ4n) is 8.71. The SMILES string of the molecule is NCCCC[C@H](NC(=O)[C@H](CCCCN)NC(=O)[C@H](CCCCN)NC(=O)[C@H](CCC(N)=O)NC(=O)[C@H](CCCCN)NC(=O)[C@H](CCCCN)NC(=O)[C@H](CCCCN)NC(=O)[C@H](CCCCN)NC(=O)[C@@H](N)CCCN=C(N)N)C(=O)O. The lowest BCUT2D eigenvalue weighted by atomic mass is 10.0. The zero-order valence-corrected chi connectivity index (χ0v) is 49.4. The van der Waals surface area contributed by atoms with Crippen molar-refractivity contribution >= 4 is 65.1 Å². The van der Waals surface area contributed by atoms with Crippen molar-refractivity contribution in [2.75, 3.05) is 52.4 Å². The molecule has 0 unspecified atom stereocenters. The molecule has 31 heteroatoms. The molecule has 0 aromatic rings. The lowest BCUT2D eigenvalue weighted by molar-refractivity contribution is -0.142. The molecule has 0 aliphatic carbocycles. The van der Waals surface area contributed by atoms with Crippen molar-refractivity contribution < 1.29 is 53.1 Å². The number of rotatable bonds is 52. The molecule has 0 aliphatic rings. The first kappa shape index (κ1) is 77.6. The first-order valence-electron chi connectivity index (χ1n) is 29.8. The number of carboxylic acids is 1. The van der Waals surface area contributed by atoms with Gasteiger partial charge in [-0.1, -0.05) is 0 Å². The summed E-state index contributed by atoms with van der Waals surface area (Å²) in [6.45, 7) is 2.15. The van der Waals surface area contributed by atoms with Gasteiger partial charge in [0.25, 0.3) is 0 Å². The van der Waals surface area contributed by atoms with Gasteiger partial charge in [0.15, 0.2) is 5.96 Å². The fraction of sp³-hybridized carbons (Fsp3) is 0.792. The molecule has 0 aromatic heterocycles. The second-order valence-corrected chi connectivity index (χ2v) is 20.9. The molecule has 84 heavy (non-hydrogen) atoms. The molecular weight excluding hydrogens is 1090 g/mol. The Balaban J connectivity index is 6.97. The number of aliphatic carboxylic acids is 1. The van der Waals surface area contributed by atoms with Gasteiger partial charge in [-0.3, -0.25) is 48.1 Å². The Morgan fingerprint density at radius 2 is 0.536 bits per heavy atom. The monoisotopic (exact) mass is 1200 g/mol. The summed E-state index contributed by atoms with van der Waals surface area (Å²) in [5.74, 6) is -8.43. The number of carbonyl (C=O) groups is 10. The number of nitrogens with one attached hydrogen (secondary N) is 8. The number of aliphatic imine (C=N–C) groups is 1. The van der Waals surface area contributed by atoms with Crippen LogP contribution in [0.15, 0.2) is 4.99 Å². The standard InChI is InChI=1S/C53H106N20O11/c54-26-8-1-17-35(66-44(75)34(61)16-15-33-65-53(63)64)45(76)67-36(18-2-9-27-55)46(77)68-37(19-3-10-28-56)47(78)69-39(21-5-12-30-58)49(80)72-41(24-25-43(62)74)51(82)71-38(20-4-11-29-57)48(79)70-40(22-6-13-31-59)50(81)73-42(52(83)84)23-7-14-32-60/h34-42H,1-33,54-61H2,(H2,62,74)(H,66,75)(H,67,76)(H,68,77)(H,69,78)(H,70,79)(H,71,82)(H,72,80)(H,73,81)(H,83,84)(H4,63,64,65)/t34-,35-,36-,37-,38-,39-,40-,41-,42-/m0/s1. The Bertz CT molecular complexity index is 1990. The van der Waals surface area contributed by atoms with Crippen molar-refractivity contribution in [2.24, 2.45) is 68.1 Å². The molecule has 0 saturated heterocycles. The number of carboxylic acid groups (broad SMARTS) is 1. The van der Waals surface area contributed by atoms with Crippen molar-refractivity contribution in [2.45, 2.75) is 215 Å². The van der Waals surface area contributed by atoms with Gasteiger partial charge in [0.2, 0.25) is 53.2 Å². The van der Waals surface area contributed by atoms with Crippen molar-refractivity contribution in [3.05, 3.63) is 0 Å². The average Bonchev–Trinajstić information content (AvgIpc) is 3.59. The van der Waals surface area contributed by atoms with Gasteiger partial charge in [0.1, 0.15) is 48.3 Å². The van der Waals surface area contributed by atoms with E-state index in [1.54, 1.807) is 0 Å². The quantitative estimate of drug-likeness (QED) is 0.0153. The van der Waals surface area contributed by atoms with Crippen LogP contribution in [0.1, 0.15) is 161 Å². The maximum Gasteiger partial charge on any atom is 0.326 e. The normalized spacial score (nSPS) is 14.3. The maximum atomic E-state index is 14.4. The largest absolute Gasteiger partial charge is 0.480 e. The number of guanidine groups is 1. The number of primary amides is 1. The minimum atomic E-state index is -1.52. The number of unbranched alkanes of at least 4 members (excludes halogenated alkanes) is 7. The van der Waals surface area contributed by atoms with Crippen molar-refractivity contribution in [1.29, 1.82) is 0 Å². The van der Waals surface area contributed by atoms with E-state index in [1.165, 1.54) is 0 Å². The Labute approximate surface area is 494 Å². The van der Waals surface area contributed by atoms with Crippen molar-refractivity contribution in [3.63, 3.8) is 0 Å².